The lowest BCUT2D eigenvalue weighted by atomic mass is 10.1. The first kappa shape index (κ1) is 20.7. The molecule has 9 heteroatoms. The smallest absolute Gasteiger partial charge is 0.324 e. The van der Waals surface area contributed by atoms with Crippen molar-refractivity contribution in [2.75, 3.05) is 11.9 Å². The molecular weight excluding hydrogens is 414 g/mol. The number of hydrogen-bond acceptors (Lipinski definition) is 6. The molecule has 1 aliphatic rings. The molecule has 2 N–H and O–H groups in total. The summed E-state index contributed by atoms with van der Waals surface area (Å²) in [7, 11) is 0. The van der Waals surface area contributed by atoms with E-state index in [0.29, 0.717) is 23.8 Å². The molecule has 2 aromatic heterocycles. The van der Waals surface area contributed by atoms with Crippen molar-refractivity contribution in [3.05, 3.63) is 65.7 Å². The molecule has 1 aliphatic heterocycles. The SMILES string of the molecule is O=C(CCC1NC(=O)N(CCc2ccccc2)C1=O)Nc1nc(-c2ccccn2)cs1. The molecule has 1 atom stereocenters. The summed E-state index contributed by atoms with van der Waals surface area (Å²) in [6.45, 7) is 0.312. The lowest BCUT2D eigenvalue weighted by Gasteiger charge is -2.13. The van der Waals surface area contributed by atoms with E-state index in [1.54, 1.807) is 6.20 Å². The number of benzene rings is 1. The number of aromatic nitrogens is 2. The monoisotopic (exact) mass is 435 g/mol. The van der Waals surface area contributed by atoms with Crippen molar-refractivity contribution in [2.45, 2.75) is 25.3 Å². The molecule has 0 aliphatic carbocycles. The third kappa shape index (κ3) is 5.13. The zero-order valence-electron chi connectivity index (χ0n) is 16.7. The fourth-order valence-corrected chi connectivity index (χ4v) is 4.01. The highest BCUT2D eigenvalue weighted by atomic mass is 32.1. The van der Waals surface area contributed by atoms with Crippen molar-refractivity contribution in [2.24, 2.45) is 0 Å². The lowest BCUT2D eigenvalue weighted by molar-refractivity contribution is -0.127. The number of amides is 4. The average Bonchev–Trinajstić information content (AvgIpc) is 3.36. The first-order valence-corrected chi connectivity index (χ1v) is 10.8. The van der Waals surface area contributed by atoms with E-state index in [1.807, 2.05) is 53.9 Å². The van der Waals surface area contributed by atoms with Crippen LogP contribution in [0.25, 0.3) is 11.4 Å². The second kappa shape index (κ2) is 9.48. The van der Waals surface area contributed by atoms with Gasteiger partial charge in [-0.05, 0) is 30.5 Å². The van der Waals surface area contributed by atoms with Gasteiger partial charge in [-0.1, -0.05) is 36.4 Å². The molecule has 3 heterocycles. The molecule has 8 nitrogen and oxygen atoms in total. The Bertz CT molecular complexity index is 1070. The summed E-state index contributed by atoms with van der Waals surface area (Å²) in [5, 5.41) is 7.71. The number of pyridine rings is 1. The summed E-state index contributed by atoms with van der Waals surface area (Å²) >= 11 is 1.31. The average molecular weight is 436 g/mol. The summed E-state index contributed by atoms with van der Waals surface area (Å²) in [6.07, 6.45) is 2.61. The number of urea groups is 1. The third-order valence-electron chi connectivity index (χ3n) is 4.91. The van der Waals surface area contributed by atoms with Crippen LogP contribution in [-0.2, 0) is 16.0 Å². The number of carbonyl (C=O) groups is 3. The number of thiazole rings is 1. The Morgan fingerprint density at radius 3 is 2.68 bits per heavy atom. The molecule has 0 saturated carbocycles. The van der Waals surface area contributed by atoms with Crippen LogP contribution >= 0.6 is 11.3 Å². The maximum Gasteiger partial charge on any atom is 0.324 e. The van der Waals surface area contributed by atoms with Crippen molar-refractivity contribution in [1.82, 2.24) is 20.2 Å². The van der Waals surface area contributed by atoms with E-state index in [1.165, 1.54) is 16.2 Å². The third-order valence-corrected chi connectivity index (χ3v) is 5.67. The summed E-state index contributed by atoms with van der Waals surface area (Å²) in [5.74, 6) is -0.549. The van der Waals surface area contributed by atoms with Crippen LogP contribution in [0.1, 0.15) is 18.4 Å². The van der Waals surface area contributed by atoms with Crippen molar-refractivity contribution in [1.29, 1.82) is 0 Å². The van der Waals surface area contributed by atoms with E-state index in [4.69, 9.17) is 0 Å². The highest BCUT2D eigenvalue weighted by Crippen LogP contribution is 2.23. The number of nitrogens with one attached hydrogen (secondary N) is 2. The number of rotatable bonds is 8. The molecule has 0 spiro atoms. The Hall–Kier alpha value is -3.59. The predicted molar refractivity (Wildman–Crippen MR) is 117 cm³/mol. The Kier molecular flexibility index (Phi) is 6.32. The molecule has 1 aromatic carbocycles. The van der Waals surface area contributed by atoms with Gasteiger partial charge in [0, 0.05) is 24.5 Å². The minimum absolute atomic E-state index is 0.0989. The van der Waals surface area contributed by atoms with Gasteiger partial charge >= 0.3 is 6.03 Å². The quantitative estimate of drug-likeness (QED) is 0.529. The fraction of sp³-hybridized carbons (Fsp3) is 0.227. The molecule has 1 fully saturated rings. The highest BCUT2D eigenvalue weighted by molar-refractivity contribution is 7.14. The summed E-state index contributed by atoms with van der Waals surface area (Å²) in [4.78, 5) is 46.9. The molecular formula is C22H21N5O3S. The Morgan fingerprint density at radius 1 is 1.10 bits per heavy atom. The largest absolute Gasteiger partial charge is 0.326 e. The van der Waals surface area contributed by atoms with Crippen molar-refractivity contribution in [3.8, 4) is 11.4 Å². The number of nitrogens with zero attached hydrogens (tertiary/aromatic N) is 3. The molecule has 0 radical (unpaired) electrons. The van der Waals surface area contributed by atoms with Gasteiger partial charge in [0.1, 0.15) is 11.7 Å². The van der Waals surface area contributed by atoms with Crippen LogP contribution in [0.2, 0.25) is 0 Å². The van der Waals surface area contributed by atoms with Crippen molar-refractivity contribution >= 4 is 34.3 Å². The summed E-state index contributed by atoms with van der Waals surface area (Å²) in [5.41, 5.74) is 2.47. The maximum atomic E-state index is 12.6. The normalized spacial score (nSPS) is 15.7. The van der Waals surface area contributed by atoms with Crippen LogP contribution in [0, 0.1) is 0 Å². The van der Waals surface area contributed by atoms with Crippen LogP contribution in [0.3, 0.4) is 0 Å². The Balaban J connectivity index is 1.26. The Morgan fingerprint density at radius 2 is 1.90 bits per heavy atom. The second-order valence-corrected chi connectivity index (χ2v) is 7.93. The number of hydrogen-bond donors (Lipinski definition) is 2. The van der Waals surface area contributed by atoms with E-state index >= 15 is 0 Å². The summed E-state index contributed by atoms with van der Waals surface area (Å²) in [6, 6.07) is 14.1. The number of imide groups is 1. The van der Waals surface area contributed by atoms with Gasteiger partial charge in [0.25, 0.3) is 5.91 Å². The van der Waals surface area contributed by atoms with E-state index in [2.05, 4.69) is 20.6 Å². The van der Waals surface area contributed by atoms with E-state index < -0.39 is 12.1 Å². The highest BCUT2D eigenvalue weighted by Gasteiger charge is 2.37. The topological polar surface area (TPSA) is 104 Å². The zero-order valence-corrected chi connectivity index (χ0v) is 17.5. The van der Waals surface area contributed by atoms with Crippen molar-refractivity contribution < 1.29 is 14.4 Å². The van der Waals surface area contributed by atoms with E-state index in [9.17, 15) is 14.4 Å². The zero-order chi connectivity index (χ0) is 21.6. The molecule has 1 saturated heterocycles. The van der Waals surface area contributed by atoms with Crippen LogP contribution < -0.4 is 10.6 Å². The van der Waals surface area contributed by atoms with Crippen LogP contribution in [0.5, 0.6) is 0 Å². The lowest BCUT2D eigenvalue weighted by Crippen LogP contribution is -2.33. The van der Waals surface area contributed by atoms with Crippen LogP contribution in [0.15, 0.2) is 60.1 Å². The molecule has 1 unspecified atom stereocenters. The number of anilines is 1. The minimum atomic E-state index is -0.686. The van der Waals surface area contributed by atoms with Gasteiger partial charge in [-0.2, -0.15) is 0 Å². The van der Waals surface area contributed by atoms with Gasteiger partial charge in [0.15, 0.2) is 5.13 Å². The maximum absolute atomic E-state index is 12.6. The van der Waals surface area contributed by atoms with Gasteiger partial charge in [0.2, 0.25) is 5.91 Å². The van der Waals surface area contributed by atoms with Gasteiger partial charge in [-0.3, -0.25) is 19.5 Å². The molecule has 158 valence electrons. The van der Waals surface area contributed by atoms with Gasteiger partial charge in [0.05, 0.1) is 5.69 Å². The van der Waals surface area contributed by atoms with E-state index in [0.717, 1.165) is 11.3 Å². The molecule has 3 aromatic rings. The Labute approximate surface area is 183 Å². The second-order valence-electron chi connectivity index (χ2n) is 7.07. The standard InChI is InChI=1S/C22H21N5O3S/c28-19(26-21-24-18(14-31-21)16-8-4-5-12-23-16)10-9-17-20(29)27(22(30)25-17)13-11-15-6-2-1-3-7-15/h1-8,12,14,17H,9-11,13H2,(H,25,30)(H,24,26,28). The van der Waals surface area contributed by atoms with Gasteiger partial charge in [-0.15, -0.1) is 11.3 Å². The van der Waals surface area contributed by atoms with Gasteiger partial charge in [-0.25, -0.2) is 9.78 Å². The van der Waals surface area contributed by atoms with Crippen LogP contribution in [-0.4, -0.2) is 45.3 Å². The summed E-state index contributed by atoms with van der Waals surface area (Å²) < 4.78 is 0. The predicted octanol–water partition coefficient (Wildman–Crippen LogP) is 3.09. The molecule has 31 heavy (non-hydrogen) atoms. The minimum Gasteiger partial charge on any atom is -0.326 e. The fourth-order valence-electron chi connectivity index (χ4n) is 3.29. The molecule has 0 bridgehead atoms. The molecule has 4 rings (SSSR count). The van der Waals surface area contributed by atoms with E-state index in [-0.39, 0.29) is 24.7 Å². The van der Waals surface area contributed by atoms with Crippen LogP contribution in [0.4, 0.5) is 9.93 Å². The van der Waals surface area contributed by atoms with Crippen molar-refractivity contribution in [3.63, 3.8) is 0 Å². The van der Waals surface area contributed by atoms with Gasteiger partial charge < -0.3 is 10.6 Å². The first-order valence-electron chi connectivity index (χ1n) is 9.93. The first-order chi connectivity index (χ1) is 15.1. The number of carbonyl (C=O) groups excluding carboxylic acids is 3. The molecule has 4 amide bonds.